The standard InChI is InChI=1S/C18H19N5O3/c1-2-23(11-16(25)12-6-5-7-13(24)10-12)18(26)15-9-4-3-8-14(15)17-19-21-22-20-17/h3-10,16,24-25H,2,11H2,1H3,(H,19,20,21,22). The molecule has 0 spiro atoms. The third kappa shape index (κ3) is 3.70. The van der Waals surface area contributed by atoms with Crippen molar-refractivity contribution in [2.45, 2.75) is 13.0 Å². The molecule has 0 fully saturated rings. The number of benzene rings is 2. The molecule has 1 atom stereocenters. The maximum Gasteiger partial charge on any atom is 0.254 e. The number of phenols is 1. The maximum absolute atomic E-state index is 13.0. The zero-order valence-corrected chi connectivity index (χ0v) is 14.2. The Bertz CT molecular complexity index is 882. The van der Waals surface area contributed by atoms with Crippen molar-refractivity contribution >= 4 is 5.91 Å². The lowest BCUT2D eigenvalue weighted by Crippen LogP contribution is -2.35. The first-order valence-corrected chi connectivity index (χ1v) is 8.19. The zero-order valence-electron chi connectivity index (χ0n) is 14.2. The molecule has 3 N–H and O–H groups in total. The molecule has 2 aromatic carbocycles. The lowest BCUT2D eigenvalue weighted by atomic mass is 10.0. The van der Waals surface area contributed by atoms with Gasteiger partial charge >= 0.3 is 0 Å². The number of tetrazole rings is 1. The molecule has 3 rings (SSSR count). The minimum atomic E-state index is -0.914. The number of rotatable bonds is 6. The van der Waals surface area contributed by atoms with Crippen LogP contribution in [0, 0.1) is 0 Å². The smallest absolute Gasteiger partial charge is 0.254 e. The van der Waals surface area contributed by atoms with Gasteiger partial charge in [-0.1, -0.05) is 30.3 Å². The number of hydrogen-bond acceptors (Lipinski definition) is 6. The lowest BCUT2D eigenvalue weighted by molar-refractivity contribution is 0.0635. The first-order chi connectivity index (χ1) is 12.6. The van der Waals surface area contributed by atoms with Gasteiger partial charge in [0.05, 0.1) is 18.2 Å². The highest BCUT2D eigenvalue weighted by Gasteiger charge is 2.22. The fourth-order valence-corrected chi connectivity index (χ4v) is 2.71. The molecular weight excluding hydrogens is 334 g/mol. The van der Waals surface area contributed by atoms with E-state index in [4.69, 9.17) is 0 Å². The monoisotopic (exact) mass is 353 g/mol. The van der Waals surface area contributed by atoms with Gasteiger partial charge < -0.3 is 15.1 Å². The van der Waals surface area contributed by atoms with Gasteiger partial charge in [0.15, 0.2) is 0 Å². The Morgan fingerprint density at radius 1 is 1.23 bits per heavy atom. The molecule has 0 aliphatic carbocycles. The van der Waals surface area contributed by atoms with Crippen LogP contribution < -0.4 is 0 Å². The second-order valence-corrected chi connectivity index (χ2v) is 5.74. The first kappa shape index (κ1) is 17.6. The minimum Gasteiger partial charge on any atom is -0.508 e. The number of nitrogens with one attached hydrogen (secondary N) is 1. The third-order valence-electron chi connectivity index (χ3n) is 4.06. The van der Waals surface area contributed by atoms with Gasteiger partial charge in [-0.2, -0.15) is 5.21 Å². The van der Waals surface area contributed by atoms with E-state index in [0.29, 0.717) is 29.1 Å². The van der Waals surface area contributed by atoms with E-state index in [1.807, 2.05) is 6.92 Å². The summed E-state index contributed by atoms with van der Waals surface area (Å²) in [5.74, 6) is 0.156. The van der Waals surface area contributed by atoms with Crippen molar-refractivity contribution in [2.75, 3.05) is 13.1 Å². The van der Waals surface area contributed by atoms with Crippen LogP contribution in [0.25, 0.3) is 11.4 Å². The summed E-state index contributed by atoms with van der Waals surface area (Å²) in [5, 5.41) is 33.8. The summed E-state index contributed by atoms with van der Waals surface area (Å²) in [6, 6.07) is 13.4. The van der Waals surface area contributed by atoms with E-state index in [0.717, 1.165) is 0 Å². The highest BCUT2D eigenvalue weighted by Crippen LogP contribution is 2.23. The van der Waals surface area contributed by atoms with Crippen LogP contribution >= 0.6 is 0 Å². The molecule has 1 amide bonds. The second-order valence-electron chi connectivity index (χ2n) is 5.74. The summed E-state index contributed by atoms with van der Waals surface area (Å²) in [6.07, 6.45) is -0.914. The Labute approximate surface area is 150 Å². The van der Waals surface area contributed by atoms with Gasteiger partial charge in [0.1, 0.15) is 5.75 Å². The van der Waals surface area contributed by atoms with Gasteiger partial charge in [0.2, 0.25) is 5.82 Å². The number of phenolic OH excluding ortho intramolecular Hbond substituents is 1. The molecule has 8 nitrogen and oxygen atoms in total. The molecular formula is C18H19N5O3. The van der Waals surface area contributed by atoms with Gasteiger partial charge in [-0.25, -0.2) is 0 Å². The van der Waals surface area contributed by atoms with E-state index >= 15 is 0 Å². The largest absolute Gasteiger partial charge is 0.508 e. The Morgan fingerprint density at radius 3 is 2.73 bits per heavy atom. The predicted octanol–water partition coefficient (Wildman–Crippen LogP) is 1.77. The molecule has 1 aromatic heterocycles. The van der Waals surface area contributed by atoms with Crippen molar-refractivity contribution in [3.63, 3.8) is 0 Å². The van der Waals surface area contributed by atoms with Crippen LogP contribution in [0.1, 0.15) is 28.9 Å². The fourth-order valence-electron chi connectivity index (χ4n) is 2.71. The number of aromatic hydroxyl groups is 1. The Hall–Kier alpha value is -3.26. The summed E-state index contributed by atoms with van der Waals surface area (Å²) in [7, 11) is 0. The molecule has 0 saturated heterocycles. The van der Waals surface area contributed by atoms with Crippen molar-refractivity contribution in [2.24, 2.45) is 0 Å². The van der Waals surface area contributed by atoms with E-state index in [9.17, 15) is 15.0 Å². The quantitative estimate of drug-likeness (QED) is 0.622. The van der Waals surface area contributed by atoms with Crippen LogP contribution in [0.4, 0.5) is 0 Å². The van der Waals surface area contributed by atoms with Crippen molar-refractivity contribution in [1.29, 1.82) is 0 Å². The van der Waals surface area contributed by atoms with Crippen LogP contribution in [-0.2, 0) is 0 Å². The minimum absolute atomic E-state index is 0.0679. The number of hydrogen-bond donors (Lipinski definition) is 3. The molecule has 1 unspecified atom stereocenters. The number of amides is 1. The summed E-state index contributed by atoms with van der Waals surface area (Å²) in [6.45, 7) is 2.35. The third-order valence-corrected chi connectivity index (χ3v) is 4.06. The molecule has 0 radical (unpaired) electrons. The van der Waals surface area contributed by atoms with Gasteiger partial charge in [-0.05, 0) is 35.9 Å². The highest BCUT2D eigenvalue weighted by molar-refractivity contribution is 6.00. The lowest BCUT2D eigenvalue weighted by Gasteiger charge is -2.25. The second kappa shape index (κ2) is 7.75. The highest BCUT2D eigenvalue weighted by atomic mass is 16.3. The van der Waals surface area contributed by atoms with Crippen LogP contribution in [0.5, 0.6) is 5.75 Å². The summed E-state index contributed by atoms with van der Waals surface area (Å²) in [5.41, 5.74) is 1.54. The van der Waals surface area contributed by atoms with E-state index in [2.05, 4.69) is 20.6 Å². The van der Waals surface area contributed by atoms with Crippen molar-refractivity contribution in [1.82, 2.24) is 25.5 Å². The molecule has 8 heteroatoms. The number of H-pyrrole nitrogens is 1. The number of aliphatic hydroxyl groups excluding tert-OH is 1. The molecule has 3 aromatic rings. The molecule has 0 bridgehead atoms. The number of aliphatic hydroxyl groups is 1. The van der Waals surface area contributed by atoms with Gasteiger partial charge in [0, 0.05) is 12.1 Å². The van der Waals surface area contributed by atoms with Crippen molar-refractivity contribution < 1.29 is 15.0 Å². The predicted molar refractivity (Wildman–Crippen MR) is 94.3 cm³/mol. The van der Waals surface area contributed by atoms with Crippen LogP contribution in [0.3, 0.4) is 0 Å². The van der Waals surface area contributed by atoms with E-state index < -0.39 is 6.10 Å². The van der Waals surface area contributed by atoms with Crippen molar-refractivity contribution in [3.05, 3.63) is 59.7 Å². The van der Waals surface area contributed by atoms with E-state index in [1.165, 1.54) is 17.0 Å². The summed E-state index contributed by atoms with van der Waals surface area (Å²) in [4.78, 5) is 14.5. The molecule has 1 heterocycles. The number of carbonyl (C=O) groups is 1. The summed E-state index contributed by atoms with van der Waals surface area (Å²) >= 11 is 0. The normalized spacial score (nSPS) is 11.9. The average molecular weight is 353 g/mol. The average Bonchev–Trinajstić information content (AvgIpc) is 3.20. The molecule has 0 saturated carbocycles. The summed E-state index contributed by atoms with van der Waals surface area (Å²) < 4.78 is 0. The molecule has 0 aliphatic rings. The maximum atomic E-state index is 13.0. The molecule has 134 valence electrons. The molecule has 0 aliphatic heterocycles. The number of aromatic nitrogens is 4. The number of nitrogens with zero attached hydrogens (tertiary/aromatic N) is 4. The topological polar surface area (TPSA) is 115 Å². The van der Waals surface area contributed by atoms with Gasteiger partial charge in [-0.3, -0.25) is 4.79 Å². The Kier molecular flexibility index (Phi) is 5.23. The van der Waals surface area contributed by atoms with Gasteiger partial charge in [0.25, 0.3) is 5.91 Å². The number of carbonyl (C=O) groups excluding carboxylic acids is 1. The van der Waals surface area contributed by atoms with Crippen LogP contribution in [0.15, 0.2) is 48.5 Å². The first-order valence-electron chi connectivity index (χ1n) is 8.19. The van der Waals surface area contributed by atoms with Gasteiger partial charge in [-0.15, -0.1) is 10.2 Å². The van der Waals surface area contributed by atoms with Crippen LogP contribution in [-0.4, -0.2) is 54.7 Å². The number of likely N-dealkylation sites (N-methyl/N-ethyl adjacent to an activating group) is 1. The van der Waals surface area contributed by atoms with E-state index in [1.54, 1.807) is 36.4 Å². The van der Waals surface area contributed by atoms with E-state index in [-0.39, 0.29) is 18.2 Å². The SMILES string of the molecule is CCN(CC(O)c1cccc(O)c1)C(=O)c1ccccc1-c1nn[nH]n1. The van der Waals surface area contributed by atoms with Crippen LogP contribution in [0.2, 0.25) is 0 Å². The zero-order chi connectivity index (χ0) is 18.5. The number of aromatic amines is 1. The fraction of sp³-hybridized carbons (Fsp3) is 0.222. The Balaban J connectivity index is 1.84. The Morgan fingerprint density at radius 2 is 2.04 bits per heavy atom. The van der Waals surface area contributed by atoms with Crippen molar-refractivity contribution in [3.8, 4) is 17.1 Å². The molecule has 26 heavy (non-hydrogen) atoms.